The third-order valence-electron chi connectivity index (χ3n) is 2.97. The van der Waals surface area contributed by atoms with E-state index in [0.29, 0.717) is 5.88 Å². The van der Waals surface area contributed by atoms with Gasteiger partial charge in [-0.2, -0.15) is 4.98 Å². The van der Waals surface area contributed by atoms with Crippen LogP contribution in [0.1, 0.15) is 0 Å². The van der Waals surface area contributed by atoms with Crippen molar-refractivity contribution in [1.82, 2.24) is 14.5 Å². The zero-order chi connectivity index (χ0) is 13.9. The first-order chi connectivity index (χ1) is 9.78. The molecule has 20 heavy (non-hydrogen) atoms. The standard InChI is InChI=1S/C15H14N4O/c1-20-14-4-2-3-13(18-14)19-10-9-17-15(19)11-5-7-12(16)8-6-11/h2-10H,16H2,1H3. The first kappa shape index (κ1) is 12.2. The summed E-state index contributed by atoms with van der Waals surface area (Å²) >= 11 is 0. The van der Waals surface area contributed by atoms with Crippen LogP contribution in [0.2, 0.25) is 0 Å². The highest BCUT2D eigenvalue weighted by molar-refractivity contribution is 5.61. The average molecular weight is 266 g/mol. The second-order valence-electron chi connectivity index (χ2n) is 4.28. The van der Waals surface area contributed by atoms with Crippen molar-refractivity contribution in [3.63, 3.8) is 0 Å². The normalized spacial score (nSPS) is 10.4. The number of methoxy groups -OCH3 is 1. The summed E-state index contributed by atoms with van der Waals surface area (Å²) in [5, 5.41) is 0. The molecule has 0 aliphatic carbocycles. The summed E-state index contributed by atoms with van der Waals surface area (Å²) in [4.78, 5) is 8.80. The molecule has 5 nitrogen and oxygen atoms in total. The number of nitrogens with two attached hydrogens (primary N) is 1. The van der Waals surface area contributed by atoms with Crippen molar-refractivity contribution in [3.8, 4) is 23.1 Å². The van der Waals surface area contributed by atoms with Gasteiger partial charge in [-0.1, -0.05) is 6.07 Å². The number of hydrogen-bond acceptors (Lipinski definition) is 4. The van der Waals surface area contributed by atoms with E-state index < -0.39 is 0 Å². The molecule has 0 spiro atoms. The van der Waals surface area contributed by atoms with Crippen LogP contribution in [0.5, 0.6) is 5.88 Å². The van der Waals surface area contributed by atoms with Gasteiger partial charge in [-0.05, 0) is 30.3 Å². The minimum Gasteiger partial charge on any atom is -0.481 e. The second-order valence-corrected chi connectivity index (χ2v) is 4.28. The van der Waals surface area contributed by atoms with Crippen LogP contribution in [0, 0.1) is 0 Å². The van der Waals surface area contributed by atoms with E-state index in [2.05, 4.69) is 9.97 Å². The van der Waals surface area contributed by atoms with E-state index in [1.54, 1.807) is 13.3 Å². The Bertz CT molecular complexity index is 719. The van der Waals surface area contributed by atoms with Crippen molar-refractivity contribution in [2.75, 3.05) is 12.8 Å². The molecule has 0 aliphatic heterocycles. The fourth-order valence-corrected chi connectivity index (χ4v) is 1.99. The number of hydrogen-bond donors (Lipinski definition) is 1. The van der Waals surface area contributed by atoms with Crippen LogP contribution in [0.3, 0.4) is 0 Å². The van der Waals surface area contributed by atoms with Gasteiger partial charge in [0.2, 0.25) is 5.88 Å². The zero-order valence-corrected chi connectivity index (χ0v) is 11.0. The predicted molar refractivity (Wildman–Crippen MR) is 77.8 cm³/mol. The Morgan fingerprint density at radius 2 is 1.90 bits per heavy atom. The van der Waals surface area contributed by atoms with E-state index in [-0.39, 0.29) is 0 Å². The first-order valence-corrected chi connectivity index (χ1v) is 6.18. The highest BCUT2D eigenvalue weighted by Crippen LogP contribution is 2.22. The molecule has 100 valence electrons. The fraction of sp³-hybridized carbons (Fsp3) is 0.0667. The molecule has 0 aliphatic rings. The molecular weight excluding hydrogens is 252 g/mol. The van der Waals surface area contributed by atoms with Gasteiger partial charge < -0.3 is 10.5 Å². The predicted octanol–water partition coefficient (Wildman–Crippen LogP) is 2.53. The summed E-state index contributed by atoms with van der Waals surface area (Å²) in [7, 11) is 1.60. The number of nitrogens with zero attached hydrogens (tertiary/aromatic N) is 3. The summed E-state index contributed by atoms with van der Waals surface area (Å²) in [6.07, 6.45) is 3.61. The molecule has 0 amide bonds. The molecule has 1 aromatic carbocycles. The van der Waals surface area contributed by atoms with Crippen molar-refractivity contribution in [2.24, 2.45) is 0 Å². The van der Waals surface area contributed by atoms with Gasteiger partial charge in [-0.15, -0.1) is 0 Å². The zero-order valence-electron chi connectivity index (χ0n) is 11.0. The minimum absolute atomic E-state index is 0.569. The quantitative estimate of drug-likeness (QED) is 0.740. The van der Waals surface area contributed by atoms with Crippen molar-refractivity contribution in [1.29, 1.82) is 0 Å². The number of nitrogen functional groups attached to an aromatic ring is 1. The van der Waals surface area contributed by atoms with Crippen molar-refractivity contribution in [3.05, 3.63) is 54.9 Å². The van der Waals surface area contributed by atoms with Gasteiger partial charge in [0.25, 0.3) is 0 Å². The Hall–Kier alpha value is -2.82. The number of benzene rings is 1. The molecule has 2 heterocycles. The van der Waals surface area contributed by atoms with E-state index in [4.69, 9.17) is 10.5 Å². The van der Waals surface area contributed by atoms with Crippen LogP contribution in [0.15, 0.2) is 54.9 Å². The lowest BCUT2D eigenvalue weighted by atomic mass is 10.2. The van der Waals surface area contributed by atoms with Crippen LogP contribution in [-0.4, -0.2) is 21.6 Å². The Morgan fingerprint density at radius 1 is 1.10 bits per heavy atom. The highest BCUT2D eigenvalue weighted by Gasteiger charge is 2.09. The molecule has 0 unspecified atom stereocenters. The lowest BCUT2D eigenvalue weighted by Gasteiger charge is -2.08. The molecule has 0 atom stereocenters. The Labute approximate surface area is 116 Å². The van der Waals surface area contributed by atoms with E-state index in [1.807, 2.05) is 53.2 Å². The number of anilines is 1. The van der Waals surface area contributed by atoms with Gasteiger partial charge in [-0.25, -0.2) is 4.98 Å². The maximum Gasteiger partial charge on any atom is 0.214 e. The largest absolute Gasteiger partial charge is 0.481 e. The molecule has 5 heteroatoms. The third-order valence-corrected chi connectivity index (χ3v) is 2.97. The van der Waals surface area contributed by atoms with Crippen LogP contribution in [0.25, 0.3) is 17.2 Å². The monoisotopic (exact) mass is 266 g/mol. The van der Waals surface area contributed by atoms with Crippen LogP contribution in [-0.2, 0) is 0 Å². The summed E-state index contributed by atoms with van der Waals surface area (Å²) in [5.41, 5.74) is 7.42. The molecule has 2 aromatic heterocycles. The smallest absolute Gasteiger partial charge is 0.214 e. The Morgan fingerprint density at radius 3 is 2.65 bits per heavy atom. The molecule has 2 N–H and O–H groups in total. The van der Waals surface area contributed by atoms with E-state index >= 15 is 0 Å². The molecule has 0 fully saturated rings. The lowest BCUT2D eigenvalue weighted by molar-refractivity contribution is 0.397. The second kappa shape index (κ2) is 5.05. The minimum atomic E-state index is 0.569. The van der Waals surface area contributed by atoms with E-state index in [9.17, 15) is 0 Å². The molecule has 0 radical (unpaired) electrons. The lowest BCUT2D eigenvalue weighted by Crippen LogP contribution is -2.00. The van der Waals surface area contributed by atoms with E-state index in [0.717, 1.165) is 22.9 Å². The van der Waals surface area contributed by atoms with Crippen LogP contribution >= 0.6 is 0 Å². The highest BCUT2D eigenvalue weighted by atomic mass is 16.5. The summed E-state index contributed by atoms with van der Waals surface area (Å²) in [5.74, 6) is 2.14. The maximum atomic E-state index is 5.71. The van der Waals surface area contributed by atoms with Crippen LogP contribution in [0.4, 0.5) is 5.69 Å². The summed E-state index contributed by atoms with van der Waals surface area (Å²) < 4.78 is 7.06. The van der Waals surface area contributed by atoms with Crippen molar-refractivity contribution >= 4 is 5.69 Å². The molecule has 0 bridgehead atoms. The fourth-order valence-electron chi connectivity index (χ4n) is 1.99. The number of imidazole rings is 1. The Kier molecular flexibility index (Phi) is 3.09. The number of rotatable bonds is 3. The van der Waals surface area contributed by atoms with Gasteiger partial charge in [-0.3, -0.25) is 4.57 Å². The SMILES string of the molecule is COc1cccc(-n2ccnc2-c2ccc(N)cc2)n1. The van der Waals surface area contributed by atoms with Crippen LogP contribution < -0.4 is 10.5 Å². The average Bonchev–Trinajstić information content (AvgIpc) is 2.97. The first-order valence-electron chi connectivity index (χ1n) is 6.18. The molecule has 0 saturated heterocycles. The van der Waals surface area contributed by atoms with Crippen molar-refractivity contribution in [2.45, 2.75) is 0 Å². The maximum absolute atomic E-state index is 5.71. The molecule has 3 rings (SSSR count). The number of pyridine rings is 1. The van der Waals surface area contributed by atoms with Crippen molar-refractivity contribution < 1.29 is 4.74 Å². The van der Waals surface area contributed by atoms with E-state index in [1.165, 1.54) is 0 Å². The topological polar surface area (TPSA) is 66.0 Å². The number of aromatic nitrogens is 3. The van der Waals surface area contributed by atoms with Gasteiger partial charge in [0.05, 0.1) is 7.11 Å². The Balaban J connectivity index is 2.07. The number of ether oxygens (including phenoxy) is 1. The molecule has 0 saturated carbocycles. The van der Waals surface area contributed by atoms with Gasteiger partial charge in [0.15, 0.2) is 0 Å². The summed E-state index contributed by atoms with van der Waals surface area (Å²) in [6, 6.07) is 13.2. The summed E-state index contributed by atoms with van der Waals surface area (Å²) in [6.45, 7) is 0. The van der Waals surface area contributed by atoms with Gasteiger partial charge in [0.1, 0.15) is 11.6 Å². The third kappa shape index (κ3) is 2.21. The molecule has 3 aromatic rings. The molecular formula is C15H14N4O. The van der Waals surface area contributed by atoms with Gasteiger partial charge in [0, 0.05) is 29.7 Å². The van der Waals surface area contributed by atoms with Gasteiger partial charge >= 0.3 is 0 Å².